The molecule has 86 valence electrons. The van der Waals surface area contributed by atoms with Crippen LogP contribution in [-0.4, -0.2) is 32.2 Å². The van der Waals surface area contributed by atoms with E-state index >= 15 is 0 Å². The second-order valence-electron chi connectivity index (χ2n) is 5.93. The predicted molar refractivity (Wildman–Crippen MR) is 58.6 cm³/mol. The second-order valence-corrected chi connectivity index (χ2v) is 5.93. The van der Waals surface area contributed by atoms with Crippen molar-refractivity contribution < 1.29 is 28.5 Å². The molecule has 0 N–H and O–H groups in total. The molecule has 0 saturated heterocycles. The molecule has 1 aliphatic rings. The van der Waals surface area contributed by atoms with Crippen molar-refractivity contribution in [2.45, 2.75) is 39.0 Å². The Labute approximate surface area is 107 Å². The molecular weight excluding hydrogens is 285 g/mol. The summed E-state index contributed by atoms with van der Waals surface area (Å²) in [5.74, 6) is 2.04. The molecule has 0 aromatic heterocycles. The van der Waals surface area contributed by atoms with E-state index in [1.165, 1.54) is 38.6 Å². The van der Waals surface area contributed by atoms with E-state index < -0.39 is 0 Å². The topological polar surface area (TPSA) is 0 Å². The standard InChI is InChI=1S/C12H26N.HI/c1-11-5-7-12(8-6-11)9-10-13(2,3)4;/h11-12H,5-10H2,1-4H3;1H/q+1;/p-1. The number of rotatable bonds is 3. The Morgan fingerprint density at radius 3 is 1.93 bits per heavy atom. The van der Waals surface area contributed by atoms with Crippen LogP contribution in [0, 0.1) is 11.8 Å². The van der Waals surface area contributed by atoms with Gasteiger partial charge in [-0.15, -0.1) is 0 Å². The molecule has 0 aliphatic heterocycles. The van der Waals surface area contributed by atoms with Gasteiger partial charge in [0.15, 0.2) is 0 Å². The lowest BCUT2D eigenvalue weighted by Crippen LogP contribution is -3.00. The average molecular weight is 311 g/mol. The largest absolute Gasteiger partial charge is 1.00 e. The summed E-state index contributed by atoms with van der Waals surface area (Å²) in [7, 11) is 6.89. The van der Waals surface area contributed by atoms with Crippen LogP contribution in [0.25, 0.3) is 0 Å². The SMILES string of the molecule is CC1CCC(CC[N+](C)(C)C)CC1.[I-]. The minimum absolute atomic E-state index is 0. The Morgan fingerprint density at radius 1 is 1.00 bits per heavy atom. The van der Waals surface area contributed by atoms with E-state index in [0.29, 0.717) is 0 Å². The molecule has 0 spiro atoms. The van der Waals surface area contributed by atoms with Crippen LogP contribution in [-0.2, 0) is 0 Å². The molecule has 0 aromatic rings. The van der Waals surface area contributed by atoms with E-state index in [4.69, 9.17) is 0 Å². The first-order chi connectivity index (χ1) is 5.97. The average Bonchev–Trinajstić information content (AvgIpc) is 2.02. The number of hydrogen-bond acceptors (Lipinski definition) is 0. The van der Waals surface area contributed by atoms with Crippen LogP contribution in [0.2, 0.25) is 0 Å². The van der Waals surface area contributed by atoms with Crippen LogP contribution in [0.1, 0.15) is 39.0 Å². The smallest absolute Gasteiger partial charge is 0.0783 e. The van der Waals surface area contributed by atoms with Gasteiger partial charge in [-0.1, -0.05) is 19.8 Å². The quantitative estimate of drug-likeness (QED) is 0.505. The summed E-state index contributed by atoms with van der Waals surface area (Å²) >= 11 is 0. The van der Waals surface area contributed by atoms with E-state index in [-0.39, 0.29) is 24.0 Å². The molecule has 0 heterocycles. The lowest BCUT2D eigenvalue weighted by molar-refractivity contribution is -0.871. The molecule has 0 radical (unpaired) electrons. The zero-order chi connectivity index (χ0) is 9.90. The first-order valence-electron chi connectivity index (χ1n) is 5.78. The van der Waals surface area contributed by atoms with Gasteiger partial charge in [0.2, 0.25) is 0 Å². The molecule has 1 aliphatic carbocycles. The molecule has 0 bridgehead atoms. The van der Waals surface area contributed by atoms with E-state index in [0.717, 1.165) is 16.3 Å². The van der Waals surface area contributed by atoms with E-state index in [9.17, 15) is 0 Å². The van der Waals surface area contributed by atoms with Crippen molar-refractivity contribution in [3.05, 3.63) is 0 Å². The summed E-state index contributed by atoms with van der Waals surface area (Å²) in [5, 5.41) is 0. The maximum absolute atomic E-state index is 2.40. The van der Waals surface area contributed by atoms with Crippen molar-refractivity contribution in [2.24, 2.45) is 11.8 Å². The molecule has 14 heavy (non-hydrogen) atoms. The van der Waals surface area contributed by atoms with Crippen LogP contribution in [0.4, 0.5) is 0 Å². The predicted octanol–water partition coefficient (Wildman–Crippen LogP) is -0.0870. The van der Waals surface area contributed by atoms with Crippen molar-refractivity contribution in [3.63, 3.8) is 0 Å². The third kappa shape index (κ3) is 6.23. The maximum atomic E-state index is 2.40. The lowest BCUT2D eigenvalue weighted by atomic mass is 9.81. The molecule has 2 heteroatoms. The fourth-order valence-corrected chi connectivity index (χ4v) is 2.19. The van der Waals surface area contributed by atoms with Crippen molar-refractivity contribution in [1.82, 2.24) is 0 Å². The minimum Gasteiger partial charge on any atom is -1.00 e. The van der Waals surface area contributed by atoms with Crippen LogP contribution >= 0.6 is 0 Å². The van der Waals surface area contributed by atoms with Gasteiger partial charge >= 0.3 is 0 Å². The molecule has 0 unspecified atom stereocenters. The van der Waals surface area contributed by atoms with Crippen molar-refractivity contribution in [1.29, 1.82) is 0 Å². The molecular formula is C12H26IN. The van der Waals surface area contributed by atoms with Gasteiger partial charge in [-0.3, -0.25) is 0 Å². The summed E-state index contributed by atoms with van der Waals surface area (Å²) in [6.45, 7) is 3.75. The van der Waals surface area contributed by atoms with Crippen molar-refractivity contribution in [3.8, 4) is 0 Å². The van der Waals surface area contributed by atoms with Gasteiger partial charge in [0.1, 0.15) is 0 Å². The Bertz CT molecular complexity index is 143. The Balaban J connectivity index is 0.00000169. The van der Waals surface area contributed by atoms with E-state index in [2.05, 4.69) is 28.1 Å². The first-order valence-corrected chi connectivity index (χ1v) is 5.78. The molecule has 1 nitrogen and oxygen atoms in total. The van der Waals surface area contributed by atoms with Crippen LogP contribution in [0.3, 0.4) is 0 Å². The fraction of sp³-hybridized carbons (Fsp3) is 1.00. The third-order valence-electron chi connectivity index (χ3n) is 3.34. The highest BCUT2D eigenvalue weighted by atomic mass is 127. The van der Waals surface area contributed by atoms with Gasteiger partial charge in [-0.05, 0) is 31.1 Å². The molecule has 0 aromatic carbocycles. The second kappa shape index (κ2) is 6.31. The maximum Gasteiger partial charge on any atom is 0.0783 e. The number of halogens is 1. The summed E-state index contributed by atoms with van der Waals surface area (Å²) in [5.41, 5.74) is 0. The third-order valence-corrected chi connectivity index (χ3v) is 3.34. The summed E-state index contributed by atoms with van der Waals surface area (Å²) in [4.78, 5) is 0. The van der Waals surface area contributed by atoms with Gasteiger partial charge in [0, 0.05) is 0 Å². The van der Waals surface area contributed by atoms with Gasteiger partial charge in [-0.25, -0.2) is 0 Å². The highest BCUT2D eigenvalue weighted by Crippen LogP contribution is 2.30. The van der Waals surface area contributed by atoms with Gasteiger partial charge in [-0.2, -0.15) is 0 Å². The highest BCUT2D eigenvalue weighted by molar-refractivity contribution is 4.69. The molecule has 1 fully saturated rings. The van der Waals surface area contributed by atoms with Crippen molar-refractivity contribution in [2.75, 3.05) is 27.7 Å². The highest BCUT2D eigenvalue weighted by Gasteiger charge is 2.20. The van der Waals surface area contributed by atoms with E-state index in [1.807, 2.05) is 0 Å². The molecule has 1 saturated carbocycles. The van der Waals surface area contributed by atoms with E-state index in [1.54, 1.807) is 0 Å². The monoisotopic (exact) mass is 311 g/mol. The summed E-state index contributed by atoms with van der Waals surface area (Å²) in [6.07, 6.45) is 7.36. The molecule has 0 atom stereocenters. The summed E-state index contributed by atoms with van der Waals surface area (Å²) < 4.78 is 1.13. The fourth-order valence-electron chi connectivity index (χ4n) is 2.19. The summed E-state index contributed by atoms with van der Waals surface area (Å²) in [6, 6.07) is 0. The minimum atomic E-state index is 0. The lowest BCUT2D eigenvalue weighted by Gasteiger charge is -2.30. The van der Waals surface area contributed by atoms with Crippen LogP contribution in [0.15, 0.2) is 0 Å². The normalized spacial score (nSPS) is 28.3. The van der Waals surface area contributed by atoms with Gasteiger partial charge in [0.05, 0.1) is 27.7 Å². The Hall–Kier alpha value is 0.690. The van der Waals surface area contributed by atoms with Crippen LogP contribution in [0.5, 0.6) is 0 Å². The van der Waals surface area contributed by atoms with Gasteiger partial charge < -0.3 is 28.5 Å². The Morgan fingerprint density at radius 2 is 1.50 bits per heavy atom. The zero-order valence-electron chi connectivity index (χ0n) is 10.2. The first kappa shape index (κ1) is 14.7. The van der Waals surface area contributed by atoms with Crippen molar-refractivity contribution >= 4 is 0 Å². The number of hydrogen-bond donors (Lipinski definition) is 0. The van der Waals surface area contributed by atoms with Gasteiger partial charge in [0.25, 0.3) is 0 Å². The zero-order valence-corrected chi connectivity index (χ0v) is 12.4. The number of nitrogens with zero attached hydrogens (tertiary/aromatic N) is 1. The molecule has 1 rings (SSSR count). The molecule has 0 amide bonds. The Kier molecular flexibility index (Phi) is 6.62. The van der Waals surface area contributed by atoms with Crippen LogP contribution < -0.4 is 24.0 Å². The number of quaternary nitrogens is 1.